The van der Waals surface area contributed by atoms with E-state index in [1.54, 1.807) is 0 Å². The molecule has 7 nitrogen and oxygen atoms in total. The van der Waals surface area contributed by atoms with Crippen molar-refractivity contribution in [1.29, 1.82) is 0 Å². The Balaban J connectivity index is 1.50. The summed E-state index contributed by atoms with van der Waals surface area (Å²) in [7, 11) is 0. The zero-order valence-corrected chi connectivity index (χ0v) is 14.1. The highest BCUT2D eigenvalue weighted by Gasteiger charge is 2.17. The van der Waals surface area contributed by atoms with Gasteiger partial charge in [-0.1, -0.05) is 18.2 Å². The highest BCUT2D eigenvalue weighted by atomic mass is 15.3. The molecule has 0 amide bonds. The van der Waals surface area contributed by atoms with Gasteiger partial charge in [0.05, 0.1) is 0 Å². The van der Waals surface area contributed by atoms with Crippen LogP contribution in [0.3, 0.4) is 0 Å². The third-order valence-electron chi connectivity index (χ3n) is 4.18. The minimum absolute atomic E-state index is 0.282. The van der Waals surface area contributed by atoms with Gasteiger partial charge in [0.15, 0.2) is 0 Å². The quantitative estimate of drug-likeness (QED) is 0.826. The van der Waals surface area contributed by atoms with Gasteiger partial charge >= 0.3 is 0 Å². The second-order valence-corrected chi connectivity index (χ2v) is 5.88. The first-order valence-corrected chi connectivity index (χ1v) is 8.51. The van der Waals surface area contributed by atoms with Crippen LogP contribution in [0.25, 0.3) is 0 Å². The smallest absolute Gasteiger partial charge is 0.227 e. The number of hydrogen-bond acceptors (Lipinski definition) is 7. The molecule has 1 aliphatic heterocycles. The number of nitrogens with one attached hydrogen (secondary N) is 1. The van der Waals surface area contributed by atoms with Crippen molar-refractivity contribution in [3.05, 3.63) is 36.2 Å². The standard InChI is InChI=1S/C17H25N7/c1-2-19-17-21-15(20-16(18)22-17)8-9-23-10-12-24(13-11-23)14-6-4-3-5-7-14/h3-7H,2,8-13H2,1H3,(H3,18,19,20,21,22). The molecule has 128 valence electrons. The predicted octanol–water partition coefficient (Wildman–Crippen LogP) is 1.25. The minimum atomic E-state index is 0.282. The molecular weight excluding hydrogens is 302 g/mol. The summed E-state index contributed by atoms with van der Waals surface area (Å²) < 4.78 is 0. The largest absolute Gasteiger partial charge is 0.369 e. The van der Waals surface area contributed by atoms with Crippen LogP contribution in [0.4, 0.5) is 17.6 Å². The van der Waals surface area contributed by atoms with Gasteiger partial charge in [-0.05, 0) is 19.1 Å². The minimum Gasteiger partial charge on any atom is -0.369 e. The van der Waals surface area contributed by atoms with Crippen LogP contribution in [0, 0.1) is 0 Å². The molecule has 0 spiro atoms. The first kappa shape index (κ1) is 16.4. The molecule has 0 radical (unpaired) electrons. The Morgan fingerprint density at radius 1 is 1.04 bits per heavy atom. The summed E-state index contributed by atoms with van der Waals surface area (Å²) in [6.07, 6.45) is 0.788. The Morgan fingerprint density at radius 2 is 1.79 bits per heavy atom. The molecule has 0 aliphatic carbocycles. The number of benzene rings is 1. The van der Waals surface area contributed by atoms with E-state index in [4.69, 9.17) is 5.73 Å². The number of nitrogens with zero attached hydrogens (tertiary/aromatic N) is 5. The Morgan fingerprint density at radius 3 is 2.50 bits per heavy atom. The summed E-state index contributed by atoms with van der Waals surface area (Å²) in [5.41, 5.74) is 7.06. The lowest BCUT2D eigenvalue weighted by atomic mass is 10.2. The third kappa shape index (κ3) is 4.32. The Kier molecular flexibility index (Phi) is 5.43. The van der Waals surface area contributed by atoms with Crippen molar-refractivity contribution in [2.45, 2.75) is 13.3 Å². The van der Waals surface area contributed by atoms with Gasteiger partial charge < -0.3 is 16.0 Å². The van der Waals surface area contributed by atoms with Crippen LogP contribution in [0.2, 0.25) is 0 Å². The molecule has 0 atom stereocenters. The second-order valence-electron chi connectivity index (χ2n) is 5.88. The maximum absolute atomic E-state index is 5.76. The van der Waals surface area contributed by atoms with Gasteiger partial charge in [0.2, 0.25) is 11.9 Å². The summed E-state index contributed by atoms with van der Waals surface area (Å²) in [4.78, 5) is 17.6. The topological polar surface area (TPSA) is 83.2 Å². The Bertz CT molecular complexity index is 639. The van der Waals surface area contributed by atoms with E-state index in [2.05, 4.69) is 60.4 Å². The van der Waals surface area contributed by atoms with Gasteiger partial charge in [-0.25, -0.2) is 0 Å². The SMILES string of the molecule is CCNc1nc(N)nc(CCN2CCN(c3ccccc3)CC2)n1. The zero-order chi connectivity index (χ0) is 16.8. The van der Waals surface area contributed by atoms with E-state index in [0.717, 1.165) is 51.5 Å². The number of rotatable bonds is 6. The summed E-state index contributed by atoms with van der Waals surface area (Å²) in [5, 5.41) is 3.09. The van der Waals surface area contributed by atoms with Crippen LogP contribution in [-0.2, 0) is 6.42 Å². The fraction of sp³-hybridized carbons (Fsp3) is 0.471. The summed E-state index contributed by atoms with van der Waals surface area (Å²) in [5.74, 6) is 1.60. The second kappa shape index (κ2) is 7.92. The van der Waals surface area contributed by atoms with Crippen LogP contribution in [-0.4, -0.2) is 59.1 Å². The van der Waals surface area contributed by atoms with Crippen LogP contribution < -0.4 is 16.0 Å². The van der Waals surface area contributed by atoms with E-state index in [9.17, 15) is 0 Å². The fourth-order valence-electron chi connectivity index (χ4n) is 2.91. The molecule has 0 bridgehead atoms. The van der Waals surface area contributed by atoms with Crippen LogP contribution in [0.5, 0.6) is 0 Å². The van der Waals surface area contributed by atoms with E-state index in [1.165, 1.54) is 5.69 Å². The normalized spacial score (nSPS) is 15.5. The van der Waals surface area contributed by atoms with Gasteiger partial charge in [-0.15, -0.1) is 0 Å². The summed E-state index contributed by atoms with van der Waals surface area (Å²) in [6.45, 7) is 7.91. The van der Waals surface area contributed by atoms with Crippen molar-refractivity contribution in [3.8, 4) is 0 Å². The molecule has 1 aromatic heterocycles. The van der Waals surface area contributed by atoms with E-state index in [0.29, 0.717) is 5.95 Å². The first-order valence-electron chi connectivity index (χ1n) is 8.51. The Hall–Kier alpha value is -2.41. The Labute approximate surface area is 142 Å². The number of para-hydroxylation sites is 1. The summed E-state index contributed by atoms with van der Waals surface area (Å²) in [6, 6.07) is 10.6. The molecule has 1 aromatic carbocycles. The monoisotopic (exact) mass is 327 g/mol. The van der Waals surface area contributed by atoms with Gasteiger partial charge in [0, 0.05) is 51.4 Å². The van der Waals surface area contributed by atoms with Crippen molar-refractivity contribution in [3.63, 3.8) is 0 Å². The van der Waals surface area contributed by atoms with E-state index < -0.39 is 0 Å². The predicted molar refractivity (Wildman–Crippen MR) is 97.2 cm³/mol. The highest BCUT2D eigenvalue weighted by Crippen LogP contribution is 2.15. The van der Waals surface area contributed by atoms with Crippen molar-refractivity contribution >= 4 is 17.6 Å². The molecule has 3 N–H and O–H groups in total. The number of piperazine rings is 1. The lowest BCUT2D eigenvalue weighted by Crippen LogP contribution is -2.47. The molecule has 1 aliphatic rings. The van der Waals surface area contributed by atoms with Crippen molar-refractivity contribution in [1.82, 2.24) is 19.9 Å². The molecule has 24 heavy (non-hydrogen) atoms. The number of anilines is 3. The highest BCUT2D eigenvalue weighted by molar-refractivity contribution is 5.46. The van der Waals surface area contributed by atoms with Crippen molar-refractivity contribution < 1.29 is 0 Å². The van der Waals surface area contributed by atoms with Gasteiger partial charge in [0.1, 0.15) is 5.82 Å². The first-order chi connectivity index (χ1) is 11.7. The zero-order valence-electron chi connectivity index (χ0n) is 14.1. The molecule has 3 rings (SSSR count). The molecule has 7 heteroatoms. The number of hydrogen-bond donors (Lipinski definition) is 2. The number of nitrogen functional groups attached to an aromatic ring is 1. The van der Waals surface area contributed by atoms with Gasteiger partial charge in [-0.3, -0.25) is 4.90 Å². The average Bonchev–Trinajstić information content (AvgIpc) is 2.61. The molecule has 1 fully saturated rings. The van der Waals surface area contributed by atoms with Gasteiger partial charge in [-0.2, -0.15) is 15.0 Å². The van der Waals surface area contributed by atoms with Gasteiger partial charge in [0.25, 0.3) is 0 Å². The van der Waals surface area contributed by atoms with Crippen molar-refractivity contribution in [2.75, 3.05) is 55.2 Å². The maximum Gasteiger partial charge on any atom is 0.227 e. The van der Waals surface area contributed by atoms with Crippen molar-refractivity contribution in [2.24, 2.45) is 0 Å². The number of aromatic nitrogens is 3. The molecule has 2 heterocycles. The van der Waals surface area contributed by atoms with E-state index in [-0.39, 0.29) is 5.95 Å². The molecule has 1 saturated heterocycles. The van der Waals surface area contributed by atoms with Crippen LogP contribution in [0.1, 0.15) is 12.7 Å². The molecule has 2 aromatic rings. The molecule has 0 saturated carbocycles. The lowest BCUT2D eigenvalue weighted by Gasteiger charge is -2.36. The lowest BCUT2D eigenvalue weighted by molar-refractivity contribution is 0.259. The number of nitrogens with two attached hydrogens (primary N) is 1. The third-order valence-corrected chi connectivity index (χ3v) is 4.18. The average molecular weight is 327 g/mol. The molecule has 0 unspecified atom stereocenters. The van der Waals surface area contributed by atoms with E-state index >= 15 is 0 Å². The summed E-state index contributed by atoms with van der Waals surface area (Å²) >= 11 is 0. The molecular formula is C17H25N7. The fourth-order valence-corrected chi connectivity index (χ4v) is 2.91. The van der Waals surface area contributed by atoms with Crippen LogP contribution >= 0.6 is 0 Å². The van der Waals surface area contributed by atoms with Crippen LogP contribution in [0.15, 0.2) is 30.3 Å². The van der Waals surface area contributed by atoms with E-state index in [1.807, 2.05) is 6.92 Å². The maximum atomic E-state index is 5.76.